The molecule has 5 heteroatoms. The van der Waals surface area contributed by atoms with Crippen molar-refractivity contribution in [3.05, 3.63) is 17.7 Å². The standard InChI is InChI=1S/C13H18N2O2S/c16-13(17)9-3-4-15-10(6-9)8-14-12(15)7-11-2-1-5-18-11/h8-9,11H,1-7H2,(H,16,17). The monoisotopic (exact) mass is 266 g/mol. The van der Waals surface area contributed by atoms with Gasteiger partial charge in [-0.3, -0.25) is 4.79 Å². The molecular weight excluding hydrogens is 248 g/mol. The van der Waals surface area contributed by atoms with Crippen molar-refractivity contribution in [3.63, 3.8) is 0 Å². The highest BCUT2D eigenvalue weighted by atomic mass is 32.2. The van der Waals surface area contributed by atoms with Crippen LogP contribution in [0.25, 0.3) is 0 Å². The van der Waals surface area contributed by atoms with Crippen LogP contribution in [0.3, 0.4) is 0 Å². The maximum absolute atomic E-state index is 11.0. The summed E-state index contributed by atoms with van der Waals surface area (Å²) in [6.45, 7) is 0.818. The Morgan fingerprint density at radius 3 is 3.17 bits per heavy atom. The molecular formula is C13H18N2O2S. The Bertz CT molecular complexity index is 452. The molecule has 1 aromatic heterocycles. The molecule has 2 unspecified atom stereocenters. The van der Waals surface area contributed by atoms with Gasteiger partial charge in [-0.1, -0.05) is 0 Å². The van der Waals surface area contributed by atoms with E-state index < -0.39 is 5.97 Å². The van der Waals surface area contributed by atoms with Crippen LogP contribution < -0.4 is 0 Å². The number of aliphatic carboxylic acids is 1. The van der Waals surface area contributed by atoms with Gasteiger partial charge in [0.1, 0.15) is 5.82 Å². The fourth-order valence-electron chi connectivity index (χ4n) is 2.91. The molecule has 0 aromatic carbocycles. The zero-order chi connectivity index (χ0) is 12.5. The van der Waals surface area contributed by atoms with Crippen LogP contribution >= 0.6 is 11.8 Å². The van der Waals surface area contributed by atoms with Crippen LogP contribution in [0.5, 0.6) is 0 Å². The van der Waals surface area contributed by atoms with Crippen molar-refractivity contribution in [3.8, 4) is 0 Å². The highest BCUT2D eigenvalue weighted by Crippen LogP contribution is 2.30. The summed E-state index contributed by atoms with van der Waals surface area (Å²) >= 11 is 2.05. The van der Waals surface area contributed by atoms with Gasteiger partial charge in [-0.25, -0.2) is 4.98 Å². The van der Waals surface area contributed by atoms with Crippen LogP contribution in [0.15, 0.2) is 6.20 Å². The first-order valence-electron chi connectivity index (χ1n) is 6.61. The fourth-order valence-corrected chi connectivity index (χ4v) is 4.18. The van der Waals surface area contributed by atoms with Gasteiger partial charge in [-0.05, 0) is 25.0 Å². The van der Waals surface area contributed by atoms with Crippen LogP contribution in [0.4, 0.5) is 0 Å². The van der Waals surface area contributed by atoms with E-state index in [0.717, 1.165) is 30.9 Å². The second-order valence-electron chi connectivity index (χ2n) is 5.18. The summed E-state index contributed by atoms with van der Waals surface area (Å²) in [6.07, 6.45) is 6.92. The average molecular weight is 266 g/mol. The van der Waals surface area contributed by atoms with Crippen molar-refractivity contribution in [2.24, 2.45) is 5.92 Å². The summed E-state index contributed by atoms with van der Waals surface area (Å²) in [4.78, 5) is 15.5. The molecule has 2 aliphatic rings. The molecule has 4 nitrogen and oxygen atoms in total. The first kappa shape index (κ1) is 12.1. The van der Waals surface area contributed by atoms with E-state index in [4.69, 9.17) is 5.11 Å². The maximum Gasteiger partial charge on any atom is 0.306 e. The lowest BCUT2D eigenvalue weighted by atomic mass is 9.96. The second kappa shape index (κ2) is 4.96. The molecule has 0 radical (unpaired) electrons. The van der Waals surface area contributed by atoms with E-state index in [1.165, 1.54) is 18.6 Å². The quantitative estimate of drug-likeness (QED) is 0.908. The van der Waals surface area contributed by atoms with E-state index in [2.05, 4.69) is 9.55 Å². The van der Waals surface area contributed by atoms with Gasteiger partial charge >= 0.3 is 5.97 Å². The molecule has 1 N–H and O–H groups in total. The van der Waals surface area contributed by atoms with Crippen molar-refractivity contribution in [2.75, 3.05) is 5.75 Å². The summed E-state index contributed by atoms with van der Waals surface area (Å²) in [5, 5.41) is 9.78. The Hall–Kier alpha value is -0.970. The van der Waals surface area contributed by atoms with Gasteiger partial charge < -0.3 is 9.67 Å². The predicted molar refractivity (Wildman–Crippen MR) is 70.9 cm³/mol. The first-order chi connectivity index (χ1) is 8.74. The molecule has 1 saturated heterocycles. The molecule has 18 heavy (non-hydrogen) atoms. The molecule has 1 aromatic rings. The minimum Gasteiger partial charge on any atom is -0.481 e. The van der Waals surface area contributed by atoms with Crippen molar-refractivity contribution in [1.82, 2.24) is 9.55 Å². The summed E-state index contributed by atoms with van der Waals surface area (Å²) in [5.41, 5.74) is 1.10. The number of aromatic nitrogens is 2. The number of carbonyl (C=O) groups is 1. The number of hydrogen-bond acceptors (Lipinski definition) is 3. The Kier molecular flexibility index (Phi) is 3.33. The van der Waals surface area contributed by atoms with Gasteiger partial charge in [0.25, 0.3) is 0 Å². The smallest absolute Gasteiger partial charge is 0.306 e. The van der Waals surface area contributed by atoms with Gasteiger partial charge in [-0.15, -0.1) is 0 Å². The van der Waals surface area contributed by atoms with Gasteiger partial charge in [0.05, 0.1) is 5.92 Å². The molecule has 98 valence electrons. The van der Waals surface area contributed by atoms with Crippen LogP contribution in [0.1, 0.15) is 30.8 Å². The number of fused-ring (bicyclic) bond motifs is 1. The van der Waals surface area contributed by atoms with E-state index in [1.54, 1.807) is 0 Å². The lowest BCUT2D eigenvalue weighted by molar-refractivity contribution is -0.142. The van der Waals surface area contributed by atoms with Crippen molar-refractivity contribution >= 4 is 17.7 Å². The lowest BCUT2D eigenvalue weighted by Gasteiger charge is -2.22. The van der Waals surface area contributed by atoms with E-state index in [0.29, 0.717) is 11.7 Å². The second-order valence-corrected chi connectivity index (χ2v) is 6.59. The number of hydrogen-bond donors (Lipinski definition) is 1. The molecule has 1 fully saturated rings. The fraction of sp³-hybridized carbons (Fsp3) is 0.692. The first-order valence-corrected chi connectivity index (χ1v) is 7.66. The van der Waals surface area contributed by atoms with Gasteiger partial charge in [0.15, 0.2) is 0 Å². The van der Waals surface area contributed by atoms with Crippen LogP contribution in [0, 0.1) is 5.92 Å². The molecule has 3 heterocycles. The van der Waals surface area contributed by atoms with Gasteiger partial charge in [0, 0.05) is 36.5 Å². The minimum absolute atomic E-state index is 0.220. The summed E-state index contributed by atoms with van der Waals surface area (Å²) in [5.74, 6) is 1.55. The van der Waals surface area contributed by atoms with E-state index in [9.17, 15) is 4.79 Å². The highest BCUT2D eigenvalue weighted by Gasteiger charge is 2.27. The zero-order valence-electron chi connectivity index (χ0n) is 10.3. The molecule has 0 amide bonds. The zero-order valence-corrected chi connectivity index (χ0v) is 11.2. The summed E-state index contributed by atoms with van der Waals surface area (Å²) in [7, 11) is 0. The summed E-state index contributed by atoms with van der Waals surface area (Å²) in [6, 6.07) is 0. The maximum atomic E-state index is 11.0. The Labute approximate surface area is 111 Å². The van der Waals surface area contributed by atoms with Crippen LogP contribution in [-0.4, -0.2) is 31.6 Å². The molecule has 0 saturated carbocycles. The summed E-state index contributed by atoms with van der Waals surface area (Å²) < 4.78 is 2.25. The third-order valence-corrected chi connectivity index (χ3v) is 5.36. The van der Waals surface area contributed by atoms with Crippen molar-refractivity contribution in [1.29, 1.82) is 0 Å². The number of imidazole rings is 1. The third kappa shape index (κ3) is 2.28. The van der Waals surface area contributed by atoms with Crippen molar-refractivity contribution in [2.45, 2.75) is 43.9 Å². The molecule has 2 atom stereocenters. The Morgan fingerprint density at radius 1 is 1.56 bits per heavy atom. The van der Waals surface area contributed by atoms with Gasteiger partial charge in [-0.2, -0.15) is 11.8 Å². The number of rotatable bonds is 3. The van der Waals surface area contributed by atoms with Gasteiger partial charge in [0.2, 0.25) is 0 Å². The largest absolute Gasteiger partial charge is 0.481 e. The molecule has 2 aliphatic heterocycles. The Balaban J connectivity index is 1.73. The van der Waals surface area contributed by atoms with E-state index >= 15 is 0 Å². The van der Waals surface area contributed by atoms with E-state index in [1.807, 2.05) is 18.0 Å². The predicted octanol–water partition coefficient (Wildman–Crippen LogP) is 1.97. The topological polar surface area (TPSA) is 55.1 Å². The lowest BCUT2D eigenvalue weighted by Crippen LogP contribution is -2.26. The van der Waals surface area contributed by atoms with E-state index in [-0.39, 0.29) is 5.92 Å². The molecule has 0 bridgehead atoms. The number of carboxylic acid groups (broad SMARTS) is 1. The molecule has 0 aliphatic carbocycles. The third-order valence-electron chi connectivity index (χ3n) is 3.96. The highest BCUT2D eigenvalue weighted by molar-refractivity contribution is 8.00. The normalized spacial score (nSPS) is 27.1. The number of carboxylic acids is 1. The Morgan fingerprint density at radius 2 is 2.44 bits per heavy atom. The number of thioether (sulfide) groups is 1. The van der Waals surface area contributed by atoms with Crippen LogP contribution in [0.2, 0.25) is 0 Å². The van der Waals surface area contributed by atoms with Crippen LogP contribution in [-0.2, 0) is 24.2 Å². The SMILES string of the molecule is O=C(O)C1CCn2c(cnc2CC2CCCS2)C1. The molecule has 0 spiro atoms. The minimum atomic E-state index is -0.671. The molecule has 3 rings (SSSR count). The average Bonchev–Trinajstić information content (AvgIpc) is 2.99. The van der Waals surface area contributed by atoms with Crippen molar-refractivity contribution < 1.29 is 9.90 Å². The number of nitrogens with zero attached hydrogens (tertiary/aromatic N) is 2.